The normalized spacial score (nSPS) is 32.9. The summed E-state index contributed by atoms with van der Waals surface area (Å²) >= 11 is 0. The average Bonchev–Trinajstić information content (AvgIpc) is 2.72. The van der Waals surface area contributed by atoms with Gasteiger partial charge in [-0.25, -0.2) is 0 Å². The fourth-order valence-corrected chi connectivity index (χ4v) is 3.45. The molecule has 1 saturated carbocycles. The highest BCUT2D eigenvalue weighted by Gasteiger charge is 2.58. The third kappa shape index (κ3) is 2.27. The van der Waals surface area contributed by atoms with Crippen LogP contribution in [0.1, 0.15) is 40.0 Å². The standard InChI is InChI=1S/C15H26N2O3/c1-14(2)11(10-15(14,3)20-5)16(4)8-9-17-12(18)6-7-13(17)19/h11H,6-10H2,1-5H3/t11-,15+/m1/s1. The number of amides is 2. The van der Waals surface area contributed by atoms with Crippen LogP contribution in [0.2, 0.25) is 0 Å². The van der Waals surface area contributed by atoms with Crippen LogP contribution >= 0.6 is 0 Å². The van der Waals surface area contributed by atoms with Crippen LogP contribution in [0.25, 0.3) is 0 Å². The fourth-order valence-electron chi connectivity index (χ4n) is 3.45. The SMILES string of the molecule is CO[C@@]1(C)C[C@@H](N(C)CCN2C(=O)CCC2=O)C1(C)C. The lowest BCUT2D eigenvalue weighted by atomic mass is 9.55. The molecule has 114 valence electrons. The summed E-state index contributed by atoms with van der Waals surface area (Å²) in [6.45, 7) is 7.81. The van der Waals surface area contributed by atoms with Crippen LogP contribution < -0.4 is 0 Å². The molecule has 20 heavy (non-hydrogen) atoms. The first-order valence-electron chi connectivity index (χ1n) is 7.31. The van der Waals surface area contributed by atoms with Crippen LogP contribution in [0.15, 0.2) is 0 Å². The number of carbonyl (C=O) groups excluding carboxylic acids is 2. The third-order valence-electron chi connectivity index (χ3n) is 5.59. The molecule has 0 aromatic carbocycles. The van der Waals surface area contributed by atoms with Gasteiger partial charge in [-0.05, 0) is 20.4 Å². The van der Waals surface area contributed by atoms with Gasteiger partial charge in [0.2, 0.25) is 11.8 Å². The number of rotatable bonds is 5. The lowest BCUT2D eigenvalue weighted by molar-refractivity contribution is -0.206. The van der Waals surface area contributed by atoms with Crippen LogP contribution in [-0.4, -0.2) is 60.5 Å². The van der Waals surface area contributed by atoms with Crippen molar-refractivity contribution in [3.05, 3.63) is 0 Å². The van der Waals surface area contributed by atoms with Gasteiger partial charge in [-0.1, -0.05) is 13.8 Å². The minimum Gasteiger partial charge on any atom is -0.378 e. The van der Waals surface area contributed by atoms with Crippen molar-refractivity contribution in [2.24, 2.45) is 5.41 Å². The molecule has 2 amide bonds. The molecule has 0 unspecified atom stereocenters. The Hall–Kier alpha value is -0.940. The summed E-state index contributed by atoms with van der Waals surface area (Å²) in [6.07, 6.45) is 1.73. The van der Waals surface area contributed by atoms with Gasteiger partial charge in [0.05, 0.1) is 5.60 Å². The highest BCUT2D eigenvalue weighted by atomic mass is 16.5. The molecule has 5 nitrogen and oxygen atoms in total. The van der Waals surface area contributed by atoms with Crippen molar-refractivity contribution in [3.8, 4) is 0 Å². The van der Waals surface area contributed by atoms with Gasteiger partial charge >= 0.3 is 0 Å². The number of hydrogen-bond donors (Lipinski definition) is 0. The van der Waals surface area contributed by atoms with E-state index in [1.54, 1.807) is 7.11 Å². The highest BCUT2D eigenvalue weighted by molar-refractivity contribution is 6.01. The van der Waals surface area contributed by atoms with Gasteiger partial charge in [0, 0.05) is 44.5 Å². The number of methoxy groups -OCH3 is 1. The summed E-state index contributed by atoms with van der Waals surface area (Å²) in [4.78, 5) is 26.8. The Morgan fingerprint density at radius 2 is 1.80 bits per heavy atom. The first-order valence-corrected chi connectivity index (χ1v) is 7.31. The highest BCUT2D eigenvalue weighted by Crippen LogP contribution is 2.53. The number of likely N-dealkylation sites (N-methyl/N-ethyl adjacent to an activating group) is 1. The van der Waals surface area contributed by atoms with E-state index in [4.69, 9.17) is 4.74 Å². The predicted octanol–water partition coefficient (Wildman–Crippen LogP) is 1.27. The zero-order valence-corrected chi connectivity index (χ0v) is 13.2. The van der Waals surface area contributed by atoms with Crippen LogP contribution in [0, 0.1) is 5.41 Å². The number of nitrogens with zero attached hydrogens (tertiary/aromatic N) is 2. The number of likely N-dealkylation sites (tertiary alicyclic amines) is 1. The van der Waals surface area contributed by atoms with Gasteiger partial charge < -0.3 is 9.64 Å². The molecule has 0 N–H and O–H groups in total. The Bertz CT molecular complexity index is 405. The smallest absolute Gasteiger partial charge is 0.229 e. The second-order valence-electron chi connectivity index (χ2n) is 6.80. The van der Waals surface area contributed by atoms with Gasteiger partial charge in [-0.3, -0.25) is 14.5 Å². The summed E-state index contributed by atoms with van der Waals surface area (Å²) in [5.74, 6) is -0.0593. The maximum atomic E-state index is 11.6. The molecule has 2 fully saturated rings. The van der Waals surface area contributed by atoms with Gasteiger partial charge in [0.25, 0.3) is 0 Å². The maximum Gasteiger partial charge on any atom is 0.229 e. The molecule has 1 heterocycles. The monoisotopic (exact) mass is 282 g/mol. The van der Waals surface area contributed by atoms with E-state index in [-0.39, 0.29) is 22.8 Å². The van der Waals surface area contributed by atoms with Crippen molar-refractivity contribution in [1.82, 2.24) is 9.80 Å². The lowest BCUT2D eigenvalue weighted by Crippen LogP contribution is -2.68. The lowest BCUT2D eigenvalue weighted by Gasteiger charge is -2.61. The van der Waals surface area contributed by atoms with Crippen molar-refractivity contribution in [2.75, 3.05) is 27.2 Å². The molecule has 0 bridgehead atoms. The zero-order valence-electron chi connectivity index (χ0n) is 13.2. The molecule has 2 aliphatic rings. The van der Waals surface area contributed by atoms with Gasteiger partial charge in [0.1, 0.15) is 0 Å². The Balaban J connectivity index is 1.89. The predicted molar refractivity (Wildman–Crippen MR) is 76.2 cm³/mol. The zero-order chi connectivity index (χ0) is 15.1. The number of carbonyl (C=O) groups is 2. The molecule has 1 aliphatic heterocycles. The molecule has 0 spiro atoms. The summed E-state index contributed by atoms with van der Waals surface area (Å²) in [5, 5.41) is 0. The first-order chi connectivity index (χ1) is 9.23. The fraction of sp³-hybridized carbons (Fsp3) is 0.867. The first kappa shape index (κ1) is 15.4. The molecule has 2 atom stereocenters. The van der Waals surface area contributed by atoms with E-state index in [0.717, 1.165) is 13.0 Å². The summed E-state index contributed by atoms with van der Waals surface area (Å²) < 4.78 is 5.64. The van der Waals surface area contributed by atoms with E-state index >= 15 is 0 Å². The van der Waals surface area contributed by atoms with E-state index in [1.807, 2.05) is 0 Å². The Labute approximate surface area is 121 Å². The molecule has 0 aromatic rings. The molecular weight excluding hydrogens is 256 g/mol. The topological polar surface area (TPSA) is 49.9 Å². The molecule has 0 radical (unpaired) electrons. The molecule has 5 heteroatoms. The quantitative estimate of drug-likeness (QED) is 0.713. The van der Waals surface area contributed by atoms with Crippen molar-refractivity contribution in [3.63, 3.8) is 0 Å². The molecule has 1 saturated heterocycles. The van der Waals surface area contributed by atoms with Crippen LogP contribution in [0.3, 0.4) is 0 Å². The number of ether oxygens (including phenoxy) is 1. The molecule has 0 aromatic heterocycles. The summed E-state index contributed by atoms with van der Waals surface area (Å²) in [5.41, 5.74) is -0.0270. The van der Waals surface area contributed by atoms with E-state index in [0.29, 0.717) is 25.4 Å². The van der Waals surface area contributed by atoms with Crippen molar-refractivity contribution < 1.29 is 14.3 Å². The summed E-state index contributed by atoms with van der Waals surface area (Å²) in [6, 6.07) is 0.417. The second kappa shape index (κ2) is 5.11. The number of hydrogen-bond acceptors (Lipinski definition) is 4. The number of imide groups is 1. The molecular formula is C15H26N2O3. The van der Waals surface area contributed by atoms with Crippen molar-refractivity contribution in [2.45, 2.75) is 51.7 Å². The van der Waals surface area contributed by atoms with Crippen LogP contribution in [0.5, 0.6) is 0 Å². The van der Waals surface area contributed by atoms with E-state index in [9.17, 15) is 9.59 Å². The summed E-state index contributed by atoms with van der Waals surface area (Å²) in [7, 11) is 3.83. The second-order valence-corrected chi connectivity index (χ2v) is 6.80. The van der Waals surface area contributed by atoms with Gasteiger partial charge in [-0.15, -0.1) is 0 Å². The molecule has 1 aliphatic carbocycles. The van der Waals surface area contributed by atoms with Gasteiger partial charge in [0.15, 0.2) is 0 Å². The maximum absolute atomic E-state index is 11.6. The van der Waals surface area contributed by atoms with E-state index < -0.39 is 0 Å². The van der Waals surface area contributed by atoms with Crippen molar-refractivity contribution >= 4 is 11.8 Å². The Morgan fingerprint density at radius 1 is 1.25 bits per heavy atom. The minimum atomic E-state index is -0.0921. The Kier molecular flexibility index (Phi) is 3.95. The largest absolute Gasteiger partial charge is 0.378 e. The minimum absolute atomic E-state index is 0.0296. The molecule has 2 rings (SSSR count). The average molecular weight is 282 g/mol. The van der Waals surface area contributed by atoms with Crippen molar-refractivity contribution in [1.29, 1.82) is 0 Å². The van der Waals surface area contributed by atoms with E-state index in [2.05, 4.69) is 32.7 Å². The van der Waals surface area contributed by atoms with Gasteiger partial charge in [-0.2, -0.15) is 0 Å². The van der Waals surface area contributed by atoms with Crippen LogP contribution in [-0.2, 0) is 14.3 Å². The Morgan fingerprint density at radius 3 is 2.25 bits per heavy atom. The third-order valence-corrected chi connectivity index (χ3v) is 5.59. The van der Waals surface area contributed by atoms with Crippen LogP contribution in [0.4, 0.5) is 0 Å². The van der Waals surface area contributed by atoms with E-state index in [1.165, 1.54) is 4.90 Å².